The summed E-state index contributed by atoms with van der Waals surface area (Å²) in [5.74, 6) is 0. The second kappa shape index (κ2) is 7.30. The highest BCUT2D eigenvalue weighted by Crippen LogP contribution is 2.30. The van der Waals surface area contributed by atoms with Crippen LogP contribution in [0.5, 0.6) is 0 Å². The highest BCUT2D eigenvalue weighted by Gasteiger charge is 2.07. The Kier molecular flexibility index (Phi) is 5.14. The van der Waals surface area contributed by atoms with E-state index in [1.807, 2.05) is 18.2 Å². The number of rotatable bonds is 6. The number of allylic oxidation sites excluding steroid dienone is 4. The molecule has 0 atom stereocenters. The molecule has 0 aliphatic heterocycles. The van der Waals surface area contributed by atoms with Crippen LogP contribution in [-0.4, -0.2) is 0 Å². The molecular weight excluding hydrogens is 240 g/mol. The van der Waals surface area contributed by atoms with Gasteiger partial charge in [0.05, 0.1) is 0 Å². The Balaban J connectivity index is 2.50. The maximum Gasteiger partial charge on any atom is -0.00970 e. The van der Waals surface area contributed by atoms with Crippen LogP contribution in [0.4, 0.5) is 0 Å². The first-order valence-electron chi connectivity index (χ1n) is 6.92. The lowest BCUT2D eigenvalue weighted by atomic mass is 9.92. The lowest BCUT2D eigenvalue weighted by molar-refractivity contribution is 1.33. The van der Waals surface area contributed by atoms with E-state index in [0.717, 1.165) is 12.8 Å². The van der Waals surface area contributed by atoms with Crippen LogP contribution in [0.1, 0.15) is 18.4 Å². The van der Waals surface area contributed by atoms with Gasteiger partial charge in [0.1, 0.15) is 0 Å². The number of hydrogen-bond acceptors (Lipinski definition) is 0. The first kappa shape index (κ1) is 14.1. The summed E-state index contributed by atoms with van der Waals surface area (Å²) in [7, 11) is 0. The largest absolute Gasteiger partial charge is 0.103 e. The van der Waals surface area contributed by atoms with E-state index in [1.165, 1.54) is 22.3 Å². The first-order chi connectivity index (χ1) is 9.86. The van der Waals surface area contributed by atoms with E-state index in [4.69, 9.17) is 0 Å². The quantitative estimate of drug-likeness (QED) is 0.568. The van der Waals surface area contributed by atoms with Crippen LogP contribution in [0.15, 0.2) is 86.0 Å². The molecule has 0 aliphatic carbocycles. The van der Waals surface area contributed by atoms with Gasteiger partial charge in [-0.3, -0.25) is 0 Å². The minimum Gasteiger partial charge on any atom is -0.103 e. The molecule has 2 rings (SSSR count). The third kappa shape index (κ3) is 3.36. The molecule has 100 valence electrons. The van der Waals surface area contributed by atoms with Crippen molar-refractivity contribution in [3.8, 4) is 11.1 Å². The van der Waals surface area contributed by atoms with Crippen molar-refractivity contribution in [1.29, 1.82) is 0 Å². The molecule has 0 unspecified atom stereocenters. The molecular formula is C20H20. The predicted octanol–water partition coefficient (Wildman–Crippen LogP) is 5.89. The fraction of sp³-hybridized carbons (Fsp3) is 0.100. The standard InChI is InChI=1S/C20H20/c1-3-5-12-17(11-4-2)19-15-9-10-16-20(19)18-13-7-6-8-14-18/h3-4,6-10,12-16H,1-2,5,11H2. The monoisotopic (exact) mass is 260 g/mol. The van der Waals surface area contributed by atoms with Gasteiger partial charge in [-0.2, -0.15) is 0 Å². The lowest BCUT2D eigenvalue weighted by Crippen LogP contribution is -1.89. The van der Waals surface area contributed by atoms with Crippen molar-refractivity contribution >= 4 is 5.57 Å². The average Bonchev–Trinajstić information content (AvgIpc) is 2.52. The van der Waals surface area contributed by atoms with Crippen molar-refractivity contribution in [3.63, 3.8) is 0 Å². The zero-order valence-corrected chi connectivity index (χ0v) is 11.8. The summed E-state index contributed by atoms with van der Waals surface area (Å²) >= 11 is 0. The minimum absolute atomic E-state index is 0.873. The Hall–Kier alpha value is -2.34. The van der Waals surface area contributed by atoms with Gasteiger partial charge in [0.15, 0.2) is 0 Å². The molecule has 2 aromatic rings. The molecule has 0 heteroatoms. The van der Waals surface area contributed by atoms with Crippen LogP contribution in [0, 0.1) is 0 Å². The van der Waals surface area contributed by atoms with Crippen molar-refractivity contribution in [2.24, 2.45) is 0 Å². The van der Waals surface area contributed by atoms with Gasteiger partial charge >= 0.3 is 0 Å². The van der Waals surface area contributed by atoms with Gasteiger partial charge < -0.3 is 0 Å². The smallest absolute Gasteiger partial charge is 0.00970 e. The Labute approximate surface area is 121 Å². The summed E-state index contributed by atoms with van der Waals surface area (Å²) < 4.78 is 0. The normalized spacial score (nSPS) is 11.1. The van der Waals surface area contributed by atoms with Crippen LogP contribution < -0.4 is 0 Å². The minimum atomic E-state index is 0.873. The first-order valence-corrected chi connectivity index (χ1v) is 6.92. The molecule has 0 heterocycles. The molecule has 0 aliphatic rings. The van der Waals surface area contributed by atoms with Crippen molar-refractivity contribution in [2.45, 2.75) is 12.8 Å². The summed E-state index contributed by atoms with van der Waals surface area (Å²) in [6.45, 7) is 7.67. The fourth-order valence-electron chi connectivity index (χ4n) is 2.32. The van der Waals surface area contributed by atoms with Gasteiger partial charge in [-0.1, -0.05) is 72.8 Å². The molecule has 0 radical (unpaired) electrons. The van der Waals surface area contributed by atoms with Crippen LogP contribution in [0.25, 0.3) is 16.7 Å². The van der Waals surface area contributed by atoms with E-state index in [1.54, 1.807) is 0 Å². The summed E-state index contributed by atoms with van der Waals surface area (Å²) in [4.78, 5) is 0. The van der Waals surface area contributed by atoms with E-state index in [9.17, 15) is 0 Å². The Morgan fingerprint density at radius 2 is 1.55 bits per heavy atom. The van der Waals surface area contributed by atoms with Crippen molar-refractivity contribution in [3.05, 3.63) is 91.5 Å². The van der Waals surface area contributed by atoms with E-state index >= 15 is 0 Å². The zero-order chi connectivity index (χ0) is 14.2. The van der Waals surface area contributed by atoms with E-state index in [-0.39, 0.29) is 0 Å². The Morgan fingerprint density at radius 3 is 2.25 bits per heavy atom. The van der Waals surface area contributed by atoms with Gasteiger partial charge in [-0.05, 0) is 35.1 Å². The lowest BCUT2D eigenvalue weighted by Gasteiger charge is -2.12. The molecule has 0 amide bonds. The maximum absolute atomic E-state index is 3.87. The Morgan fingerprint density at radius 1 is 0.850 bits per heavy atom. The number of hydrogen-bond donors (Lipinski definition) is 0. The van der Waals surface area contributed by atoms with E-state index < -0.39 is 0 Å². The molecule has 0 bridgehead atoms. The van der Waals surface area contributed by atoms with E-state index in [0.29, 0.717) is 0 Å². The second-order valence-corrected chi connectivity index (χ2v) is 4.66. The molecule has 0 saturated heterocycles. The van der Waals surface area contributed by atoms with Gasteiger partial charge in [0.25, 0.3) is 0 Å². The highest BCUT2D eigenvalue weighted by atomic mass is 14.1. The van der Waals surface area contributed by atoms with Crippen LogP contribution >= 0.6 is 0 Å². The SMILES string of the molecule is C=CCC=C(CC=C)c1ccccc1-c1ccccc1. The second-order valence-electron chi connectivity index (χ2n) is 4.66. The van der Waals surface area contributed by atoms with Gasteiger partial charge in [-0.15, -0.1) is 13.2 Å². The summed E-state index contributed by atoms with van der Waals surface area (Å²) in [6, 6.07) is 19.0. The van der Waals surface area contributed by atoms with Crippen LogP contribution in [0.3, 0.4) is 0 Å². The van der Waals surface area contributed by atoms with Crippen LogP contribution in [-0.2, 0) is 0 Å². The van der Waals surface area contributed by atoms with Crippen LogP contribution in [0.2, 0.25) is 0 Å². The van der Waals surface area contributed by atoms with Crippen molar-refractivity contribution in [1.82, 2.24) is 0 Å². The summed E-state index contributed by atoms with van der Waals surface area (Å²) in [5.41, 5.74) is 5.10. The van der Waals surface area contributed by atoms with Crippen molar-refractivity contribution < 1.29 is 0 Å². The summed E-state index contributed by atoms with van der Waals surface area (Å²) in [6.07, 6.45) is 7.87. The molecule has 0 aromatic heterocycles. The topological polar surface area (TPSA) is 0 Å². The van der Waals surface area contributed by atoms with E-state index in [2.05, 4.69) is 67.8 Å². The molecule has 0 saturated carbocycles. The molecule has 2 aromatic carbocycles. The third-order valence-corrected chi connectivity index (χ3v) is 3.25. The predicted molar refractivity (Wildman–Crippen MR) is 89.5 cm³/mol. The number of benzene rings is 2. The molecule has 0 fully saturated rings. The maximum atomic E-state index is 3.87. The van der Waals surface area contributed by atoms with Gasteiger partial charge in [-0.25, -0.2) is 0 Å². The molecule has 20 heavy (non-hydrogen) atoms. The third-order valence-electron chi connectivity index (χ3n) is 3.25. The molecule has 0 spiro atoms. The Bertz CT molecular complexity index is 603. The fourth-order valence-corrected chi connectivity index (χ4v) is 2.32. The van der Waals surface area contributed by atoms with Gasteiger partial charge in [0.2, 0.25) is 0 Å². The average molecular weight is 260 g/mol. The molecule has 0 nitrogen and oxygen atoms in total. The zero-order valence-electron chi connectivity index (χ0n) is 11.8. The van der Waals surface area contributed by atoms with Crippen molar-refractivity contribution in [2.75, 3.05) is 0 Å². The molecule has 0 N–H and O–H groups in total. The summed E-state index contributed by atoms with van der Waals surface area (Å²) in [5, 5.41) is 0. The van der Waals surface area contributed by atoms with Gasteiger partial charge in [0, 0.05) is 0 Å². The highest BCUT2D eigenvalue weighted by molar-refractivity contribution is 5.81.